The maximum absolute atomic E-state index is 11.9. The molecule has 1 heterocycles. The Balaban J connectivity index is 1.77. The van der Waals surface area contributed by atoms with Crippen molar-refractivity contribution in [1.29, 1.82) is 0 Å². The molecule has 0 aromatic rings. The molecular formula is C12H22N2O. The Morgan fingerprint density at radius 3 is 2.73 bits per heavy atom. The van der Waals surface area contributed by atoms with Crippen molar-refractivity contribution in [3.05, 3.63) is 0 Å². The molecule has 0 unspecified atom stereocenters. The Kier molecular flexibility index (Phi) is 3.29. The van der Waals surface area contributed by atoms with Crippen molar-refractivity contribution in [2.45, 2.75) is 38.5 Å². The van der Waals surface area contributed by atoms with Gasteiger partial charge in [0.05, 0.1) is 0 Å². The first-order valence-electron chi connectivity index (χ1n) is 6.18. The smallest absolute Gasteiger partial charge is 0.223 e. The van der Waals surface area contributed by atoms with E-state index in [-0.39, 0.29) is 0 Å². The van der Waals surface area contributed by atoms with E-state index in [1.54, 1.807) is 0 Å². The maximum Gasteiger partial charge on any atom is 0.223 e. The summed E-state index contributed by atoms with van der Waals surface area (Å²) in [7, 11) is 1.96. The molecule has 0 atom stereocenters. The first-order chi connectivity index (χ1) is 7.26. The number of nitrogens with one attached hydrogen (secondary N) is 1. The molecule has 3 nitrogen and oxygen atoms in total. The highest BCUT2D eigenvalue weighted by molar-refractivity contribution is 5.78. The van der Waals surface area contributed by atoms with Crippen LogP contribution < -0.4 is 5.32 Å². The zero-order valence-corrected chi connectivity index (χ0v) is 9.72. The van der Waals surface area contributed by atoms with E-state index in [0.717, 1.165) is 32.5 Å². The predicted molar refractivity (Wildman–Crippen MR) is 60.6 cm³/mol. The Morgan fingerprint density at radius 1 is 1.40 bits per heavy atom. The Bertz CT molecular complexity index is 236. The van der Waals surface area contributed by atoms with E-state index in [4.69, 9.17) is 0 Å². The van der Waals surface area contributed by atoms with Crippen molar-refractivity contribution in [2.24, 2.45) is 5.41 Å². The number of likely N-dealkylation sites (tertiary alicyclic amines) is 1. The van der Waals surface area contributed by atoms with Crippen LogP contribution in [0.1, 0.15) is 38.5 Å². The second-order valence-electron chi connectivity index (χ2n) is 5.12. The van der Waals surface area contributed by atoms with Gasteiger partial charge in [-0.2, -0.15) is 0 Å². The number of amides is 1. The van der Waals surface area contributed by atoms with Gasteiger partial charge in [0, 0.05) is 19.5 Å². The number of carbonyl (C=O) groups excluding carboxylic acids is 1. The number of nitrogens with zero attached hydrogens (tertiary/aromatic N) is 1. The fraction of sp³-hybridized carbons (Fsp3) is 0.917. The highest BCUT2D eigenvalue weighted by atomic mass is 16.2. The van der Waals surface area contributed by atoms with Crippen LogP contribution in [0.4, 0.5) is 0 Å². The summed E-state index contributed by atoms with van der Waals surface area (Å²) >= 11 is 0. The van der Waals surface area contributed by atoms with Crippen LogP contribution in [0.5, 0.6) is 0 Å². The van der Waals surface area contributed by atoms with Crippen LogP contribution >= 0.6 is 0 Å². The second kappa shape index (κ2) is 4.52. The van der Waals surface area contributed by atoms with E-state index < -0.39 is 0 Å². The minimum absolute atomic E-state index is 0.400. The van der Waals surface area contributed by atoms with Gasteiger partial charge in [0.25, 0.3) is 0 Å². The highest BCUT2D eigenvalue weighted by Gasteiger charge is 2.42. The highest BCUT2D eigenvalue weighted by Crippen LogP contribution is 2.49. The summed E-state index contributed by atoms with van der Waals surface area (Å²) in [4.78, 5) is 14.0. The molecule has 2 aliphatic rings. The molecule has 1 aliphatic heterocycles. The van der Waals surface area contributed by atoms with Gasteiger partial charge in [-0.15, -0.1) is 0 Å². The first kappa shape index (κ1) is 10.9. The quantitative estimate of drug-likeness (QED) is 0.711. The van der Waals surface area contributed by atoms with E-state index in [0.29, 0.717) is 11.3 Å². The predicted octanol–water partition coefficient (Wildman–Crippen LogP) is 1.39. The maximum atomic E-state index is 11.9. The van der Waals surface area contributed by atoms with E-state index in [9.17, 15) is 4.79 Å². The lowest BCUT2D eigenvalue weighted by Crippen LogP contribution is -2.47. The van der Waals surface area contributed by atoms with Crippen LogP contribution in [0, 0.1) is 5.41 Å². The molecular weight excluding hydrogens is 188 g/mol. The van der Waals surface area contributed by atoms with Crippen molar-refractivity contribution in [2.75, 3.05) is 26.7 Å². The summed E-state index contributed by atoms with van der Waals surface area (Å²) in [6.45, 7) is 2.95. The van der Waals surface area contributed by atoms with E-state index in [1.807, 2.05) is 7.05 Å². The summed E-state index contributed by atoms with van der Waals surface area (Å²) in [5.41, 5.74) is 0.441. The van der Waals surface area contributed by atoms with E-state index in [1.165, 1.54) is 25.7 Å². The zero-order chi connectivity index (χ0) is 10.7. The second-order valence-corrected chi connectivity index (χ2v) is 5.12. The van der Waals surface area contributed by atoms with Crippen LogP contribution in [0.15, 0.2) is 0 Å². The standard InChI is InChI=1S/C12H22N2O/c1-13-7-3-8-14-9-6-12(4-2-5-12)10-11(14)15/h13H,2-10H2,1H3. The Morgan fingerprint density at radius 2 is 2.20 bits per heavy atom. The van der Waals surface area contributed by atoms with Gasteiger partial charge in [0.15, 0.2) is 0 Å². The summed E-state index contributed by atoms with van der Waals surface area (Å²) in [5, 5.41) is 3.12. The average Bonchev–Trinajstić information content (AvgIpc) is 2.18. The fourth-order valence-corrected chi connectivity index (χ4v) is 2.80. The summed E-state index contributed by atoms with van der Waals surface area (Å²) in [5.74, 6) is 0.400. The van der Waals surface area contributed by atoms with Crippen molar-refractivity contribution in [3.8, 4) is 0 Å². The van der Waals surface area contributed by atoms with Gasteiger partial charge < -0.3 is 10.2 Å². The molecule has 1 saturated heterocycles. The molecule has 0 aromatic carbocycles. The van der Waals surface area contributed by atoms with Gasteiger partial charge in [-0.3, -0.25) is 4.79 Å². The summed E-state index contributed by atoms with van der Waals surface area (Å²) in [6.07, 6.45) is 7.08. The van der Waals surface area contributed by atoms with Crippen LogP contribution in [0.3, 0.4) is 0 Å². The molecule has 0 bridgehead atoms. The number of carbonyl (C=O) groups is 1. The molecule has 86 valence electrons. The lowest BCUT2D eigenvalue weighted by molar-refractivity contribution is -0.141. The number of hydrogen-bond acceptors (Lipinski definition) is 2. The van der Waals surface area contributed by atoms with Gasteiger partial charge in [-0.25, -0.2) is 0 Å². The topological polar surface area (TPSA) is 32.3 Å². The van der Waals surface area contributed by atoms with Gasteiger partial charge in [0.2, 0.25) is 5.91 Å². The van der Waals surface area contributed by atoms with Crippen LogP contribution in [-0.2, 0) is 4.79 Å². The van der Waals surface area contributed by atoms with Gasteiger partial charge in [-0.1, -0.05) is 6.42 Å². The number of rotatable bonds is 4. The van der Waals surface area contributed by atoms with Crippen LogP contribution in [-0.4, -0.2) is 37.5 Å². The molecule has 1 N–H and O–H groups in total. The van der Waals surface area contributed by atoms with Crippen molar-refractivity contribution < 1.29 is 4.79 Å². The molecule has 2 rings (SSSR count). The fourth-order valence-electron chi connectivity index (χ4n) is 2.80. The van der Waals surface area contributed by atoms with E-state index >= 15 is 0 Å². The van der Waals surface area contributed by atoms with Crippen molar-refractivity contribution in [1.82, 2.24) is 10.2 Å². The van der Waals surface area contributed by atoms with Crippen molar-refractivity contribution >= 4 is 5.91 Å². The first-order valence-corrected chi connectivity index (χ1v) is 6.18. The minimum atomic E-state index is 0.400. The van der Waals surface area contributed by atoms with Crippen LogP contribution in [0.2, 0.25) is 0 Å². The zero-order valence-electron chi connectivity index (χ0n) is 9.72. The molecule has 2 fully saturated rings. The van der Waals surface area contributed by atoms with Gasteiger partial charge in [-0.05, 0) is 44.7 Å². The third-order valence-electron chi connectivity index (χ3n) is 4.06. The Hall–Kier alpha value is -0.570. The minimum Gasteiger partial charge on any atom is -0.343 e. The number of piperidine rings is 1. The molecule has 1 aliphatic carbocycles. The van der Waals surface area contributed by atoms with Crippen LogP contribution in [0.25, 0.3) is 0 Å². The molecule has 3 heteroatoms. The molecule has 1 spiro atoms. The summed E-state index contributed by atoms with van der Waals surface area (Å²) < 4.78 is 0. The van der Waals surface area contributed by atoms with Gasteiger partial charge in [0.1, 0.15) is 0 Å². The van der Waals surface area contributed by atoms with E-state index in [2.05, 4.69) is 10.2 Å². The third kappa shape index (κ3) is 2.33. The third-order valence-corrected chi connectivity index (χ3v) is 4.06. The molecule has 0 radical (unpaired) electrons. The largest absolute Gasteiger partial charge is 0.343 e. The molecule has 1 amide bonds. The molecule has 1 saturated carbocycles. The van der Waals surface area contributed by atoms with Gasteiger partial charge >= 0.3 is 0 Å². The van der Waals surface area contributed by atoms with Crippen molar-refractivity contribution in [3.63, 3.8) is 0 Å². The number of hydrogen-bond donors (Lipinski definition) is 1. The Labute approximate surface area is 92.2 Å². The normalized spacial score (nSPS) is 24.3. The lowest BCUT2D eigenvalue weighted by atomic mass is 9.63. The lowest BCUT2D eigenvalue weighted by Gasteiger charge is -2.47. The monoisotopic (exact) mass is 210 g/mol. The summed E-state index contributed by atoms with van der Waals surface area (Å²) in [6, 6.07) is 0. The molecule has 15 heavy (non-hydrogen) atoms. The molecule has 0 aromatic heterocycles. The average molecular weight is 210 g/mol. The SMILES string of the molecule is CNCCCN1CCC2(CCC2)CC1=O.